The lowest BCUT2D eigenvalue weighted by Gasteiger charge is -2.55. The number of allylic oxidation sites excluding steroid dienone is 1. The molecular formula is C21H34O3Si. The average molecular weight is 363 g/mol. The van der Waals surface area contributed by atoms with E-state index in [1.807, 2.05) is 6.08 Å². The Morgan fingerprint density at radius 3 is 2.60 bits per heavy atom. The lowest BCUT2D eigenvalue weighted by Crippen LogP contribution is -2.60. The summed E-state index contributed by atoms with van der Waals surface area (Å²) < 4.78 is 6.90. The summed E-state index contributed by atoms with van der Waals surface area (Å²) in [5.74, 6) is 0.504. The van der Waals surface area contributed by atoms with Gasteiger partial charge >= 0.3 is 0 Å². The molecule has 0 amide bonds. The summed E-state index contributed by atoms with van der Waals surface area (Å²) >= 11 is 0. The van der Waals surface area contributed by atoms with Crippen LogP contribution in [0.25, 0.3) is 0 Å². The Morgan fingerprint density at radius 2 is 2.00 bits per heavy atom. The third-order valence-electron chi connectivity index (χ3n) is 7.53. The van der Waals surface area contributed by atoms with Gasteiger partial charge in [0.25, 0.3) is 0 Å². The van der Waals surface area contributed by atoms with Crippen molar-refractivity contribution in [2.75, 3.05) is 0 Å². The van der Waals surface area contributed by atoms with E-state index in [9.17, 15) is 9.90 Å². The Balaban J connectivity index is 2.07. The number of ketones is 1. The van der Waals surface area contributed by atoms with Crippen molar-refractivity contribution in [3.05, 3.63) is 24.3 Å². The lowest BCUT2D eigenvalue weighted by molar-refractivity contribution is -0.117. The van der Waals surface area contributed by atoms with Gasteiger partial charge in [0, 0.05) is 11.8 Å². The molecule has 0 aromatic carbocycles. The van der Waals surface area contributed by atoms with Crippen molar-refractivity contribution >= 4 is 14.1 Å². The first-order chi connectivity index (χ1) is 11.5. The van der Waals surface area contributed by atoms with Gasteiger partial charge < -0.3 is 9.53 Å². The monoisotopic (exact) mass is 362 g/mol. The van der Waals surface area contributed by atoms with Crippen molar-refractivity contribution in [3.63, 3.8) is 0 Å². The van der Waals surface area contributed by atoms with E-state index >= 15 is 0 Å². The molecule has 25 heavy (non-hydrogen) atoms. The number of rotatable bonds is 3. The maximum Gasteiger partial charge on any atom is 0.192 e. The Hall–Kier alpha value is -0.713. The minimum atomic E-state index is -1.98. The van der Waals surface area contributed by atoms with E-state index in [4.69, 9.17) is 4.43 Å². The summed E-state index contributed by atoms with van der Waals surface area (Å²) in [6, 6.07) is 0. The molecule has 0 heterocycles. The second kappa shape index (κ2) is 5.90. The van der Waals surface area contributed by atoms with Crippen molar-refractivity contribution < 1.29 is 14.3 Å². The molecule has 0 bridgehead atoms. The molecule has 2 fully saturated rings. The first-order valence-corrected chi connectivity index (χ1v) is 12.7. The van der Waals surface area contributed by atoms with E-state index in [0.717, 1.165) is 31.3 Å². The normalized spacial score (nSPS) is 38.8. The van der Waals surface area contributed by atoms with Crippen LogP contribution in [0.3, 0.4) is 0 Å². The van der Waals surface area contributed by atoms with Gasteiger partial charge in [-0.3, -0.25) is 4.79 Å². The Kier molecular flexibility index (Phi) is 4.50. The highest BCUT2D eigenvalue weighted by Crippen LogP contribution is 2.63. The first kappa shape index (κ1) is 19.1. The Labute approximate surface area is 153 Å². The largest absolute Gasteiger partial charge is 0.413 e. The second-order valence-corrected chi connectivity index (χ2v) is 14.6. The van der Waals surface area contributed by atoms with Crippen LogP contribution in [0.15, 0.2) is 24.3 Å². The van der Waals surface area contributed by atoms with Gasteiger partial charge in [-0.05, 0) is 62.2 Å². The van der Waals surface area contributed by atoms with Gasteiger partial charge in [0.1, 0.15) is 0 Å². The van der Waals surface area contributed by atoms with E-state index in [1.54, 1.807) is 6.08 Å². The molecule has 1 spiro atoms. The minimum absolute atomic E-state index is 0.0210. The van der Waals surface area contributed by atoms with Crippen LogP contribution in [0, 0.1) is 11.3 Å². The molecule has 0 saturated heterocycles. The van der Waals surface area contributed by atoms with Gasteiger partial charge in [0.2, 0.25) is 0 Å². The van der Waals surface area contributed by atoms with Crippen molar-refractivity contribution in [2.45, 2.75) is 89.1 Å². The predicted octanol–water partition coefficient (Wildman–Crippen LogP) is 4.77. The van der Waals surface area contributed by atoms with E-state index in [1.165, 1.54) is 0 Å². The predicted molar refractivity (Wildman–Crippen MR) is 104 cm³/mol. The highest BCUT2D eigenvalue weighted by Gasteiger charge is 2.63. The topological polar surface area (TPSA) is 46.5 Å². The molecule has 3 nitrogen and oxygen atoms in total. The molecule has 0 aliphatic heterocycles. The van der Waals surface area contributed by atoms with Gasteiger partial charge in [-0.25, -0.2) is 0 Å². The average Bonchev–Trinajstić information content (AvgIpc) is 3.01. The van der Waals surface area contributed by atoms with Crippen molar-refractivity contribution in [1.82, 2.24) is 0 Å². The molecule has 0 aromatic rings. The van der Waals surface area contributed by atoms with Crippen molar-refractivity contribution in [2.24, 2.45) is 11.3 Å². The number of aliphatic hydroxyl groups is 1. The third kappa shape index (κ3) is 2.72. The standard InChI is InChI=1S/C21H34O3Si/c1-7-20(23)11-8-9-18(24-25(5,6)19(2,3)4)21(20)12-10-15-13-16(22)14-17(15)21/h7,14-15,18,23H,1,8-13H2,2-6H3/t15-,18+,20-,21+/m1/s1. The summed E-state index contributed by atoms with van der Waals surface area (Å²) in [6.07, 6.45) is 8.65. The van der Waals surface area contributed by atoms with Gasteiger partial charge in [-0.15, -0.1) is 6.58 Å². The van der Waals surface area contributed by atoms with Crippen molar-refractivity contribution in [3.8, 4) is 0 Å². The third-order valence-corrected chi connectivity index (χ3v) is 12.0. The quantitative estimate of drug-likeness (QED) is 0.581. The molecule has 1 N–H and O–H groups in total. The lowest BCUT2D eigenvalue weighted by atomic mass is 9.58. The fourth-order valence-corrected chi connectivity index (χ4v) is 6.48. The summed E-state index contributed by atoms with van der Waals surface area (Å²) in [6.45, 7) is 15.3. The first-order valence-electron chi connectivity index (χ1n) is 9.75. The zero-order valence-electron chi connectivity index (χ0n) is 16.5. The zero-order valence-corrected chi connectivity index (χ0v) is 17.5. The molecular weight excluding hydrogens is 328 g/mol. The van der Waals surface area contributed by atoms with E-state index in [-0.39, 0.29) is 16.9 Å². The van der Waals surface area contributed by atoms with Crippen LogP contribution >= 0.6 is 0 Å². The summed E-state index contributed by atoms with van der Waals surface area (Å²) in [7, 11) is -1.98. The molecule has 2 saturated carbocycles. The molecule has 3 aliphatic carbocycles. The summed E-state index contributed by atoms with van der Waals surface area (Å²) in [5.41, 5.74) is -0.272. The second-order valence-electron chi connectivity index (χ2n) is 9.86. The van der Waals surface area contributed by atoms with Gasteiger partial charge in [-0.2, -0.15) is 0 Å². The molecule has 4 heteroatoms. The fourth-order valence-electron chi connectivity index (χ4n) is 5.09. The molecule has 3 rings (SSSR count). The van der Waals surface area contributed by atoms with Gasteiger partial charge in [-0.1, -0.05) is 32.4 Å². The van der Waals surface area contributed by atoms with Crippen LogP contribution in [0.2, 0.25) is 18.1 Å². The number of hydrogen-bond acceptors (Lipinski definition) is 3. The smallest absolute Gasteiger partial charge is 0.192 e. The van der Waals surface area contributed by atoms with E-state index in [0.29, 0.717) is 18.8 Å². The number of hydrogen-bond donors (Lipinski definition) is 1. The maximum absolute atomic E-state index is 12.1. The highest BCUT2D eigenvalue weighted by atomic mass is 28.4. The van der Waals surface area contributed by atoms with Crippen LogP contribution in [0.1, 0.15) is 59.3 Å². The zero-order chi connectivity index (χ0) is 18.7. The van der Waals surface area contributed by atoms with Gasteiger partial charge in [0.15, 0.2) is 14.1 Å². The fraction of sp³-hybridized carbons (Fsp3) is 0.762. The van der Waals surface area contributed by atoms with Crippen LogP contribution in [-0.4, -0.2) is 30.9 Å². The minimum Gasteiger partial charge on any atom is -0.413 e. The molecule has 0 unspecified atom stereocenters. The molecule has 4 atom stereocenters. The van der Waals surface area contributed by atoms with Crippen LogP contribution in [0.5, 0.6) is 0 Å². The van der Waals surface area contributed by atoms with Crippen LogP contribution in [0.4, 0.5) is 0 Å². The van der Waals surface area contributed by atoms with E-state index < -0.39 is 19.3 Å². The Bertz CT molecular complexity index is 615. The molecule has 3 aliphatic rings. The van der Waals surface area contributed by atoms with Gasteiger partial charge in [0.05, 0.1) is 11.7 Å². The summed E-state index contributed by atoms with van der Waals surface area (Å²) in [5, 5.41) is 11.7. The van der Waals surface area contributed by atoms with Crippen LogP contribution < -0.4 is 0 Å². The molecule has 0 radical (unpaired) electrons. The molecule has 0 aromatic heterocycles. The SMILES string of the molecule is C=C[C@@]1(O)CCC[C@H](O[Si](C)(C)C(C)(C)C)[C@@]12CC[C@@H]1CC(=O)C=C12. The molecule has 140 valence electrons. The van der Waals surface area contributed by atoms with Crippen molar-refractivity contribution in [1.29, 1.82) is 0 Å². The highest BCUT2D eigenvalue weighted by molar-refractivity contribution is 6.74. The maximum atomic E-state index is 12.1. The Morgan fingerprint density at radius 1 is 1.32 bits per heavy atom. The van der Waals surface area contributed by atoms with E-state index in [2.05, 4.69) is 40.4 Å². The number of carbonyl (C=O) groups excluding carboxylic acids is 1. The number of fused-ring (bicyclic) bond motifs is 2. The van der Waals surface area contributed by atoms with Crippen LogP contribution in [-0.2, 0) is 9.22 Å². The number of carbonyl (C=O) groups is 1. The summed E-state index contributed by atoms with van der Waals surface area (Å²) in [4.78, 5) is 12.1.